The normalized spacial score (nSPS) is 10.7. The summed E-state index contributed by atoms with van der Waals surface area (Å²) in [6.07, 6.45) is 1.78. The van der Waals surface area contributed by atoms with Gasteiger partial charge in [0.1, 0.15) is 0 Å². The van der Waals surface area contributed by atoms with E-state index in [-0.39, 0.29) is 5.91 Å². The first-order chi connectivity index (χ1) is 11.1. The maximum atomic E-state index is 12.5. The lowest BCUT2D eigenvalue weighted by molar-refractivity contribution is 0.0774. The molecule has 2 heterocycles. The second-order valence-corrected chi connectivity index (χ2v) is 5.48. The predicted octanol–water partition coefficient (Wildman–Crippen LogP) is 2.66. The van der Waals surface area contributed by atoms with E-state index >= 15 is 0 Å². The van der Waals surface area contributed by atoms with E-state index in [0.717, 1.165) is 16.8 Å². The molecule has 0 N–H and O–H groups in total. The van der Waals surface area contributed by atoms with Crippen molar-refractivity contribution in [2.24, 2.45) is 7.05 Å². The number of carbonyl (C=O) groups excluding carboxylic acids is 1. The van der Waals surface area contributed by atoms with Crippen LogP contribution in [0.2, 0.25) is 0 Å². The lowest BCUT2D eigenvalue weighted by Crippen LogP contribution is -2.26. The highest BCUT2D eigenvalue weighted by Crippen LogP contribution is 2.20. The number of aromatic nitrogens is 3. The first kappa shape index (κ1) is 15.0. The van der Waals surface area contributed by atoms with Gasteiger partial charge in [-0.05, 0) is 6.92 Å². The standard InChI is InChI=1S/C17H18N4O2/c1-12-14(10-18-21(12)3)11-20(2)17(22)15-9-16(23-19-15)13-7-5-4-6-8-13/h4-10H,11H2,1-3H3. The molecule has 3 rings (SSSR count). The number of benzene rings is 1. The maximum Gasteiger partial charge on any atom is 0.276 e. The maximum absolute atomic E-state index is 12.5. The number of amides is 1. The molecular weight excluding hydrogens is 292 g/mol. The summed E-state index contributed by atoms with van der Waals surface area (Å²) in [7, 11) is 3.62. The molecule has 2 aromatic heterocycles. The van der Waals surface area contributed by atoms with Gasteiger partial charge < -0.3 is 9.42 Å². The summed E-state index contributed by atoms with van der Waals surface area (Å²) in [4.78, 5) is 14.1. The Labute approximate surface area is 134 Å². The Bertz CT molecular complexity index is 820. The van der Waals surface area contributed by atoms with Gasteiger partial charge in [-0.3, -0.25) is 9.48 Å². The molecule has 0 aliphatic heterocycles. The highest BCUT2D eigenvalue weighted by Gasteiger charge is 2.19. The number of aryl methyl sites for hydroxylation is 1. The van der Waals surface area contributed by atoms with Gasteiger partial charge in [0.05, 0.1) is 6.20 Å². The highest BCUT2D eigenvalue weighted by atomic mass is 16.5. The van der Waals surface area contributed by atoms with Crippen LogP contribution in [0.3, 0.4) is 0 Å². The van der Waals surface area contributed by atoms with Crippen molar-refractivity contribution >= 4 is 5.91 Å². The zero-order chi connectivity index (χ0) is 16.4. The van der Waals surface area contributed by atoms with E-state index in [1.807, 2.05) is 44.3 Å². The third kappa shape index (κ3) is 3.01. The second kappa shape index (κ2) is 6.08. The van der Waals surface area contributed by atoms with E-state index in [2.05, 4.69) is 10.3 Å². The van der Waals surface area contributed by atoms with Crippen molar-refractivity contribution in [2.75, 3.05) is 7.05 Å². The first-order valence-corrected chi connectivity index (χ1v) is 7.31. The van der Waals surface area contributed by atoms with Crippen molar-refractivity contribution in [3.8, 4) is 11.3 Å². The quantitative estimate of drug-likeness (QED) is 0.743. The zero-order valence-corrected chi connectivity index (χ0v) is 13.4. The second-order valence-electron chi connectivity index (χ2n) is 5.48. The smallest absolute Gasteiger partial charge is 0.276 e. The largest absolute Gasteiger partial charge is 0.355 e. The lowest BCUT2D eigenvalue weighted by atomic mass is 10.1. The van der Waals surface area contributed by atoms with Crippen LogP contribution in [0.5, 0.6) is 0 Å². The summed E-state index contributed by atoms with van der Waals surface area (Å²) in [5, 5.41) is 8.09. The molecular formula is C17H18N4O2. The highest BCUT2D eigenvalue weighted by molar-refractivity contribution is 5.92. The zero-order valence-electron chi connectivity index (χ0n) is 13.4. The van der Waals surface area contributed by atoms with Crippen LogP contribution in [0.25, 0.3) is 11.3 Å². The molecule has 0 spiro atoms. The molecule has 0 aliphatic rings. The van der Waals surface area contributed by atoms with Gasteiger partial charge in [0, 0.05) is 43.5 Å². The molecule has 3 aromatic rings. The number of hydrogen-bond donors (Lipinski definition) is 0. The summed E-state index contributed by atoms with van der Waals surface area (Å²) in [6, 6.07) is 11.3. The predicted molar refractivity (Wildman–Crippen MR) is 85.7 cm³/mol. The van der Waals surface area contributed by atoms with E-state index in [1.165, 1.54) is 0 Å². The van der Waals surface area contributed by atoms with E-state index in [0.29, 0.717) is 18.0 Å². The summed E-state index contributed by atoms with van der Waals surface area (Å²) in [5.41, 5.74) is 3.24. The minimum Gasteiger partial charge on any atom is -0.355 e. The fourth-order valence-electron chi connectivity index (χ4n) is 2.34. The Balaban J connectivity index is 1.75. The average molecular weight is 310 g/mol. The first-order valence-electron chi connectivity index (χ1n) is 7.31. The molecule has 1 amide bonds. The SMILES string of the molecule is Cc1c(CN(C)C(=O)c2cc(-c3ccccc3)on2)cnn1C. The van der Waals surface area contributed by atoms with Crippen LogP contribution < -0.4 is 0 Å². The van der Waals surface area contributed by atoms with Crippen LogP contribution in [-0.4, -0.2) is 32.8 Å². The molecule has 23 heavy (non-hydrogen) atoms. The average Bonchev–Trinajstić information content (AvgIpc) is 3.18. The van der Waals surface area contributed by atoms with Crippen LogP contribution in [-0.2, 0) is 13.6 Å². The van der Waals surface area contributed by atoms with Crippen LogP contribution in [0.15, 0.2) is 47.1 Å². The van der Waals surface area contributed by atoms with Crippen molar-refractivity contribution in [2.45, 2.75) is 13.5 Å². The molecule has 0 bridgehead atoms. The number of rotatable bonds is 4. The summed E-state index contributed by atoms with van der Waals surface area (Å²) in [5.74, 6) is 0.402. The van der Waals surface area contributed by atoms with Gasteiger partial charge in [-0.1, -0.05) is 35.5 Å². The van der Waals surface area contributed by atoms with Crippen LogP contribution in [0, 0.1) is 6.92 Å². The molecule has 0 saturated heterocycles. The number of carbonyl (C=O) groups is 1. The Morgan fingerprint density at radius 1 is 1.30 bits per heavy atom. The van der Waals surface area contributed by atoms with Crippen molar-refractivity contribution in [1.82, 2.24) is 19.8 Å². The summed E-state index contributed by atoms with van der Waals surface area (Å²) in [6.45, 7) is 2.45. The van der Waals surface area contributed by atoms with Crippen LogP contribution >= 0.6 is 0 Å². The van der Waals surface area contributed by atoms with Crippen molar-refractivity contribution in [3.63, 3.8) is 0 Å². The molecule has 1 aromatic carbocycles. The van der Waals surface area contributed by atoms with Gasteiger partial charge in [0.15, 0.2) is 11.5 Å². The molecule has 0 atom stereocenters. The van der Waals surface area contributed by atoms with Crippen LogP contribution in [0.4, 0.5) is 0 Å². The monoisotopic (exact) mass is 310 g/mol. The topological polar surface area (TPSA) is 64.2 Å². The van der Waals surface area contributed by atoms with Gasteiger partial charge in [-0.25, -0.2) is 0 Å². The Hall–Kier alpha value is -2.89. The van der Waals surface area contributed by atoms with E-state index < -0.39 is 0 Å². The van der Waals surface area contributed by atoms with Gasteiger partial charge in [0.2, 0.25) is 0 Å². The molecule has 0 unspecified atom stereocenters. The fourth-order valence-corrected chi connectivity index (χ4v) is 2.34. The minimum absolute atomic E-state index is 0.181. The number of nitrogens with zero attached hydrogens (tertiary/aromatic N) is 4. The third-order valence-corrected chi connectivity index (χ3v) is 3.88. The third-order valence-electron chi connectivity index (χ3n) is 3.88. The lowest BCUT2D eigenvalue weighted by Gasteiger charge is -2.15. The van der Waals surface area contributed by atoms with E-state index in [1.54, 1.807) is 28.9 Å². The molecule has 6 heteroatoms. The Kier molecular flexibility index (Phi) is 3.97. The van der Waals surface area contributed by atoms with Gasteiger partial charge in [-0.15, -0.1) is 0 Å². The van der Waals surface area contributed by atoms with Crippen molar-refractivity contribution in [3.05, 3.63) is 59.5 Å². The van der Waals surface area contributed by atoms with Crippen molar-refractivity contribution in [1.29, 1.82) is 0 Å². The minimum atomic E-state index is -0.181. The van der Waals surface area contributed by atoms with Crippen LogP contribution in [0.1, 0.15) is 21.7 Å². The molecule has 6 nitrogen and oxygen atoms in total. The Morgan fingerprint density at radius 3 is 2.70 bits per heavy atom. The molecule has 118 valence electrons. The molecule has 0 radical (unpaired) electrons. The van der Waals surface area contributed by atoms with Gasteiger partial charge in [0.25, 0.3) is 5.91 Å². The van der Waals surface area contributed by atoms with Gasteiger partial charge >= 0.3 is 0 Å². The molecule has 0 aliphatic carbocycles. The Morgan fingerprint density at radius 2 is 2.04 bits per heavy atom. The van der Waals surface area contributed by atoms with E-state index in [9.17, 15) is 4.79 Å². The summed E-state index contributed by atoms with van der Waals surface area (Å²) < 4.78 is 7.08. The van der Waals surface area contributed by atoms with Crippen molar-refractivity contribution < 1.29 is 9.32 Å². The molecule has 0 fully saturated rings. The number of hydrogen-bond acceptors (Lipinski definition) is 4. The summed E-state index contributed by atoms with van der Waals surface area (Å²) >= 11 is 0. The van der Waals surface area contributed by atoms with Gasteiger partial charge in [-0.2, -0.15) is 5.10 Å². The fraction of sp³-hybridized carbons (Fsp3) is 0.235. The van der Waals surface area contributed by atoms with E-state index in [4.69, 9.17) is 4.52 Å². The molecule has 0 saturated carbocycles.